The number of rotatable bonds is 5. The number of pyridine rings is 1. The standard InChI is InChI=1S/C27H21N3O2/c1-32-25-12-6-5-10-22(25)27(31)29-23-11-7-17-30-18-24(28-26(23)30)21-15-13-20(14-16-21)19-8-3-2-4-9-19/h2-18H,1H3,(H,29,31). The van der Waals surface area contributed by atoms with Gasteiger partial charge in [-0.2, -0.15) is 0 Å². The van der Waals surface area contributed by atoms with Crippen LogP contribution in [0.2, 0.25) is 0 Å². The number of hydrogen-bond donors (Lipinski definition) is 1. The van der Waals surface area contributed by atoms with Crippen molar-refractivity contribution in [3.63, 3.8) is 0 Å². The van der Waals surface area contributed by atoms with E-state index in [1.165, 1.54) is 5.56 Å². The molecule has 0 saturated carbocycles. The third-order valence-corrected chi connectivity index (χ3v) is 5.37. The number of ether oxygens (including phenoxy) is 1. The number of nitrogens with zero attached hydrogens (tertiary/aromatic N) is 2. The van der Waals surface area contributed by atoms with Gasteiger partial charge in [0.15, 0.2) is 5.65 Å². The second-order valence-corrected chi connectivity index (χ2v) is 7.38. The summed E-state index contributed by atoms with van der Waals surface area (Å²) < 4.78 is 7.23. The second-order valence-electron chi connectivity index (χ2n) is 7.38. The zero-order valence-corrected chi connectivity index (χ0v) is 17.5. The first kappa shape index (κ1) is 19.6. The van der Waals surface area contributed by atoms with Crippen LogP contribution in [0.4, 0.5) is 5.69 Å². The zero-order chi connectivity index (χ0) is 21.9. The smallest absolute Gasteiger partial charge is 0.259 e. The highest BCUT2D eigenvalue weighted by atomic mass is 16.5. The van der Waals surface area contributed by atoms with Gasteiger partial charge >= 0.3 is 0 Å². The summed E-state index contributed by atoms with van der Waals surface area (Å²) in [5.74, 6) is 0.284. The molecule has 0 radical (unpaired) electrons. The number of amides is 1. The molecular weight excluding hydrogens is 398 g/mol. The lowest BCUT2D eigenvalue weighted by molar-refractivity contribution is 0.102. The molecule has 5 nitrogen and oxygen atoms in total. The zero-order valence-electron chi connectivity index (χ0n) is 17.5. The molecule has 0 aliphatic carbocycles. The Labute approximate surface area is 185 Å². The van der Waals surface area contributed by atoms with Gasteiger partial charge < -0.3 is 14.5 Å². The Balaban J connectivity index is 1.45. The average molecular weight is 419 g/mol. The Morgan fingerprint density at radius 1 is 0.812 bits per heavy atom. The van der Waals surface area contributed by atoms with E-state index in [1.54, 1.807) is 19.2 Å². The average Bonchev–Trinajstić information content (AvgIpc) is 3.30. The van der Waals surface area contributed by atoms with Crippen molar-refractivity contribution in [1.82, 2.24) is 9.38 Å². The highest BCUT2D eigenvalue weighted by Gasteiger charge is 2.15. The highest BCUT2D eigenvalue weighted by Crippen LogP contribution is 2.27. The van der Waals surface area contributed by atoms with Crippen LogP contribution in [0.1, 0.15) is 10.4 Å². The van der Waals surface area contributed by atoms with E-state index < -0.39 is 0 Å². The van der Waals surface area contributed by atoms with E-state index in [0.717, 1.165) is 16.8 Å². The van der Waals surface area contributed by atoms with Gasteiger partial charge in [-0.1, -0.05) is 66.7 Å². The molecule has 5 heteroatoms. The normalized spacial score (nSPS) is 10.8. The Kier molecular flexibility index (Phi) is 5.14. The third kappa shape index (κ3) is 3.72. The molecule has 0 fully saturated rings. The first-order valence-electron chi connectivity index (χ1n) is 10.3. The minimum Gasteiger partial charge on any atom is -0.496 e. The van der Waals surface area contributed by atoms with Gasteiger partial charge in [0.05, 0.1) is 24.1 Å². The molecule has 0 spiro atoms. The van der Waals surface area contributed by atoms with Gasteiger partial charge in [0.1, 0.15) is 5.75 Å². The minimum absolute atomic E-state index is 0.243. The summed E-state index contributed by atoms with van der Waals surface area (Å²) in [7, 11) is 1.55. The molecule has 5 aromatic rings. The molecule has 0 saturated heterocycles. The predicted octanol–water partition coefficient (Wildman–Crippen LogP) is 5.93. The Bertz CT molecular complexity index is 1390. The van der Waals surface area contributed by atoms with E-state index >= 15 is 0 Å². The topological polar surface area (TPSA) is 55.6 Å². The van der Waals surface area contributed by atoms with E-state index in [2.05, 4.69) is 41.7 Å². The first-order chi connectivity index (χ1) is 15.7. The summed E-state index contributed by atoms with van der Waals surface area (Å²) in [6.07, 6.45) is 3.88. The van der Waals surface area contributed by atoms with Crippen molar-refractivity contribution in [2.45, 2.75) is 0 Å². The number of fused-ring (bicyclic) bond motifs is 1. The van der Waals surface area contributed by atoms with Crippen LogP contribution < -0.4 is 10.1 Å². The monoisotopic (exact) mass is 419 g/mol. The summed E-state index contributed by atoms with van der Waals surface area (Å²) in [5, 5.41) is 2.97. The maximum Gasteiger partial charge on any atom is 0.259 e. The molecule has 3 aromatic carbocycles. The molecular formula is C27H21N3O2. The molecule has 32 heavy (non-hydrogen) atoms. The Morgan fingerprint density at radius 2 is 1.50 bits per heavy atom. The van der Waals surface area contributed by atoms with Gasteiger partial charge in [0, 0.05) is 18.0 Å². The lowest BCUT2D eigenvalue weighted by Crippen LogP contribution is -2.13. The fraction of sp³-hybridized carbons (Fsp3) is 0.0370. The lowest BCUT2D eigenvalue weighted by atomic mass is 10.0. The maximum atomic E-state index is 12.9. The largest absolute Gasteiger partial charge is 0.496 e. The summed E-state index contributed by atoms with van der Waals surface area (Å²) in [4.78, 5) is 17.6. The second kappa shape index (κ2) is 8.40. The fourth-order valence-electron chi connectivity index (χ4n) is 3.74. The number of hydrogen-bond acceptors (Lipinski definition) is 3. The molecule has 0 aliphatic rings. The van der Waals surface area contributed by atoms with Crippen LogP contribution in [0.5, 0.6) is 5.75 Å². The summed E-state index contributed by atoms with van der Waals surface area (Å²) in [6.45, 7) is 0. The number of methoxy groups -OCH3 is 1. The molecule has 2 heterocycles. The van der Waals surface area contributed by atoms with Crippen LogP contribution in [0.15, 0.2) is 103 Å². The number of carbonyl (C=O) groups excluding carboxylic acids is 1. The van der Waals surface area contributed by atoms with Crippen molar-refractivity contribution < 1.29 is 9.53 Å². The Hall–Kier alpha value is -4.38. The van der Waals surface area contributed by atoms with Crippen molar-refractivity contribution in [2.24, 2.45) is 0 Å². The molecule has 0 unspecified atom stereocenters. The van der Waals surface area contributed by atoms with E-state index in [9.17, 15) is 4.79 Å². The first-order valence-corrected chi connectivity index (χ1v) is 10.3. The van der Waals surface area contributed by atoms with Gasteiger partial charge in [0.25, 0.3) is 5.91 Å². The lowest BCUT2D eigenvalue weighted by Gasteiger charge is -2.09. The number of carbonyl (C=O) groups is 1. The van der Waals surface area contributed by atoms with Crippen LogP contribution in [0, 0.1) is 0 Å². The van der Waals surface area contributed by atoms with Gasteiger partial charge in [-0.25, -0.2) is 4.98 Å². The number of imidazole rings is 1. The molecule has 156 valence electrons. The van der Waals surface area contributed by atoms with Crippen LogP contribution in [-0.4, -0.2) is 22.4 Å². The number of nitrogens with one attached hydrogen (secondary N) is 1. The van der Waals surface area contributed by atoms with Gasteiger partial charge in [-0.15, -0.1) is 0 Å². The third-order valence-electron chi connectivity index (χ3n) is 5.37. The van der Waals surface area contributed by atoms with Crippen molar-refractivity contribution in [3.8, 4) is 28.1 Å². The van der Waals surface area contributed by atoms with Gasteiger partial charge in [-0.05, 0) is 35.4 Å². The number of para-hydroxylation sites is 1. The van der Waals surface area contributed by atoms with E-state index in [0.29, 0.717) is 22.6 Å². The van der Waals surface area contributed by atoms with Crippen LogP contribution in [0.25, 0.3) is 28.0 Å². The van der Waals surface area contributed by atoms with Crippen molar-refractivity contribution in [3.05, 3.63) is 109 Å². The fourth-order valence-corrected chi connectivity index (χ4v) is 3.74. The van der Waals surface area contributed by atoms with E-state index in [4.69, 9.17) is 9.72 Å². The highest BCUT2D eigenvalue weighted by molar-refractivity contribution is 6.07. The van der Waals surface area contributed by atoms with Crippen LogP contribution >= 0.6 is 0 Å². The van der Waals surface area contributed by atoms with Crippen molar-refractivity contribution >= 4 is 17.2 Å². The van der Waals surface area contributed by atoms with Gasteiger partial charge in [0.2, 0.25) is 0 Å². The number of anilines is 1. The molecule has 1 N–H and O–H groups in total. The summed E-state index contributed by atoms with van der Waals surface area (Å²) in [5.41, 5.74) is 5.96. The summed E-state index contributed by atoms with van der Waals surface area (Å²) >= 11 is 0. The maximum absolute atomic E-state index is 12.9. The number of aromatic nitrogens is 2. The molecule has 5 rings (SSSR count). The SMILES string of the molecule is COc1ccccc1C(=O)Nc1cccn2cc(-c3ccc(-c4ccccc4)cc3)nc12. The molecule has 0 atom stereocenters. The quantitative estimate of drug-likeness (QED) is 0.384. The van der Waals surface area contributed by atoms with Crippen molar-refractivity contribution in [1.29, 1.82) is 0 Å². The van der Waals surface area contributed by atoms with Crippen LogP contribution in [0.3, 0.4) is 0 Å². The minimum atomic E-state index is -0.243. The Morgan fingerprint density at radius 3 is 2.28 bits per heavy atom. The molecule has 2 aromatic heterocycles. The molecule has 0 aliphatic heterocycles. The van der Waals surface area contributed by atoms with E-state index in [1.807, 2.05) is 59.3 Å². The van der Waals surface area contributed by atoms with Crippen molar-refractivity contribution in [2.75, 3.05) is 12.4 Å². The summed E-state index contributed by atoms with van der Waals surface area (Å²) in [6, 6.07) is 29.5. The molecule has 0 bridgehead atoms. The molecule has 1 amide bonds. The van der Waals surface area contributed by atoms with E-state index in [-0.39, 0.29) is 5.91 Å². The van der Waals surface area contributed by atoms with Gasteiger partial charge in [-0.3, -0.25) is 4.79 Å². The number of benzene rings is 3. The predicted molar refractivity (Wildman–Crippen MR) is 127 cm³/mol. The van der Waals surface area contributed by atoms with Crippen LogP contribution in [-0.2, 0) is 0 Å².